The highest BCUT2D eigenvalue weighted by atomic mass is 19.4. The smallest absolute Gasteiger partial charge is 0.352 e. The molecule has 25 heavy (non-hydrogen) atoms. The lowest BCUT2D eigenvalue weighted by Crippen LogP contribution is -2.29. The molecule has 0 unspecified atom stereocenters. The molecule has 4 nitrogen and oxygen atoms in total. The van der Waals surface area contributed by atoms with Crippen LogP contribution < -0.4 is 10.6 Å². The standard InChI is InChI=1S/C18H23F3N2O2/c19-18(20,21)17(25)23-15-9-6-14(7-10-15)12-22-16(24)11-8-13-4-2-1-3-5-13/h6-7,9-10,13H,1-5,8,11-12H2,(H,22,24)(H,23,25). The summed E-state index contributed by atoms with van der Waals surface area (Å²) < 4.78 is 36.5. The molecule has 1 aliphatic carbocycles. The number of nitrogens with one attached hydrogen (secondary N) is 2. The Hall–Kier alpha value is -2.05. The van der Waals surface area contributed by atoms with E-state index in [4.69, 9.17) is 0 Å². The molecule has 138 valence electrons. The molecule has 0 radical (unpaired) electrons. The summed E-state index contributed by atoms with van der Waals surface area (Å²) in [6, 6.07) is 5.92. The van der Waals surface area contributed by atoms with Gasteiger partial charge in [0.15, 0.2) is 0 Å². The van der Waals surface area contributed by atoms with Crippen molar-refractivity contribution in [2.24, 2.45) is 5.92 Å². The molecule has 0 atom stereocenters. The van der Waals surface area contributed by atoms with Gasteiger partial charge in [0, 0.05) is 18.7 Å². The Bertz CT molecular complexity index is 579. The molecule has 2 N–H and O–H groups in total. The second-order valence-corrected chi connectivity index (χ2v) is 6.47. The predicted molar refractivity (Wildman–Crippen MR) is 88.8 cm³/mol. The Morgan fingerprint density at radius 3 is 2.28 bits per heavy atom. The third kappa shape index (κ3) is 6.76. The second-order valence-electron chi connectivity index (χ2n) is 6.47. The van der Waals surface area contributed by atoms with Crippen LogP contribution in [-0.2, 0) is 16.1 Å². The fraction of sp³-hybridized carbons (Fsp3) is 0.556. The summed E-state index contributed by atoms with van der Waals surface area (Å²) in [5.41, 5.74) is 0.825. The van der Waals surface area contributed by atoms with Crippen LogP contribution in [-0.4, -0.2) is 18.0 Å². The van der Waals surface area contributed by atoms with Crippen LogP contribution in [0.25, 0.3) is 0 Å². The van der Waals surface area contributed by atoms with E-state index >= 15 is 0 Å². The molecule has 1 aliphatic rings. The van der Waals surface area contributed by atoms with Gasteiger partial charge in [-0.25, -0.2) is 0 Å². The van der Waals surface area contributed by atoms with E-state index in [1.807, 2.05) is 0 Å². The zero-order valence-corrected chi connectivity index (χ0v) is 14.0. The Labute approximate surface area is 145 Å². The van der Waals surface area contributed by atoms with Crippen LogP contribution in [0.3, 0.4) is 0 Å². The minimum absolute atomic E-state index is 0.0139. The maximum Gasteiger partial charge on any atom is 0.471 e. The average Bonchev–Trinajstić information content (AvgIpc) is 2.59. The Balaban J connectivity index is 1.71. The van der Waals surface area contributed by atoms with E-state index in [2.05, 4.69) is 5.32 Å². The number of rotatable bonds is 6. The maximum absolute atomic E-state index is 12.2. The molecule has 2 amide bonds. The van der Waals surface area contributed by atoms with Gasteiger partial charge in [-0.15, -0.1) is 0 Å². The van der Waals surface area contributed by atoms with Gasteiger partial charge in [-0.3, -0.25) is 9.59 Å². The first-order valence-corrected chi connectivity index (χ1v) is 8.58. The molecule has 0 aromatic heterocycles. The summed E-state index contributed by atoms with van der Waals surface area (Å²) in [5.74, 6) is -1.37. The van der Waals surface area contributed by atoms with Crippen molar-refractivity contribution < 1.29 is 22.8 Å². The van der Waals surface area contributed by atoms with Crippen LogP contribution in [0.15, 0.2) is 24.3 Å². The van der Waals surface area contributed by atoms with Gasteiger partial charge < -0.3 is 10.6 Å². The van der Waals surface area contributed by atoms with Crippen LogP contribution in [0.1, 0.15) is 50.5 Å². The molecular weight excluding hydrogens is 333 g/mol. The molecule has 1 aromatic carbocycles. The van der Waals surface area contributed by atoms with Crippen molar-refractivity contribution in [1.82, 2.24) is 5.32 Å². The zero-order chi connectivity index (χ0) is 18.3. The number of hydrogen-bond donors (Lipinski definition) is 2. The number of carbonyl (C=O) groups excluding carboxylic acids is 2. The van der Waals surface area contributed by atoms with Gasteiger partial charge in [0.1, 0.15) is 0 Å². The van der Waals surface area contributed by atoms with Crippen LogP contribution >= 0.6 is 0 Å². The van der Waals surface area contributed by atoms with Crippen molar-refractivity contribution in [2.75, 3.05) is 5.32 Å². The lowest BCUT2D eigenvalue weighted by molar-refractivity contribution is -0.167. The number of amides is 2. The highest BCUT2D eigenvalue weighted by Crippen LogP contribution is 2.27. The molecule has 2 rings (SSSR count). The first-order chi connectivity index (χ1) is 11.8. The lowest BCUT2D eigenvalue weighted by Gasteiger charge is -2.21. The number of hydrogen-bond acceptors (Lipinski definition) is 2. The van der Waals surface area contributed by atoms with E-state index in [1.54, 1.807) is 17.4 Å². The third-order valence-corrected chi connectivity index (χ3v) is 4.46. The molecule has 0 spiro atoms. The molecule has 1 fully saturated rings. The minimum Gasteiger partial charge on any atom is -0.352 e. The molecular formula is C18H23F3N2O2. The van der Waals surface area contributed by atoms with Crippen LogP contribution in [0.4, 0.5) is 18.9 Å². The maximum atomic E-state index is 12.2. The fourth-order valence-corrected chi connectivity index (χ4v) is 3.01. The van der Waals surface area contributed by atoms with Crippen molar-refractivity contribution in [1.29, 1.82) is 0 Å². The third-order valence-electron chi connectivity index (χ3n) is 4.46. The van der Waals surface area contributed by atoms with Crippen LogP contribution in [0.2, 0.25) is 0 Å². The van der Waals surface area contributed by atoms with Gasteiger partial charge in [0.2, 0.25) is 5.91 Å². The summed E-state index contributed by atoms with van der Waals surface area (Å²) in [7, 11) is 0. The summed E-state index contributed by atoms with van der Waals surface area (Å²) in [4.78, 5) is 22.7. The Kier molecular flexibility index (Phi) is 6.84. The van der Waals surface area contributed by atoms with Crippen molar-refractivity contribution in [3.05, 3.63) is 29.8 Å². The van der Waals surface area contributed by atoms with Crippen molar-refractivity contribution in [2.45, 2.75) is 57.7 Å². The van der Waals surface area contributed by atoms with Gasteiger partial charge in [0.25, 0.3) is 0 Å². The summed E-state index contributed by atoms with van der Waals surface area (Å²) in [6.45, 7) is 0.316. The number of anilines is 1. The highest BCUT2D eigenvalue weighted by Gasteiger charge is 2.38. The van der Waals surface area contributed by atoms with E-state index in [1.165, 1.54) is 44.2 Å². The summed E-state index contributed by atoms with van der Waals surface area (Å²) >= 11 is 0. The van der Waals surface area contributed by atoms with Gasteiger partial charge in [-0.1, -0.05) is 44.2 Å². The molecule has 0 saturated heterocycles. The molecule has 0 bridgehead atoms. The average molecular weight is 356 g/mol. The lowest BCUT2D eigenvalue weighted by atomic mass is 9.86. The second kappa shape index (κ2) is 8.87. The Morgan fingerprint density at radius 1 is 1.04 bits per heavy atom. The van der Waals surface area contributed by atoms with E-state index in [0.717, 1.165) is 12.0 Å². The number of alkyl halides is 3. The largest absolute Gasteiger partial charge is 0.471 e. The highest BCUT2D eigenvalue weighted by molar-refractivity contribution is 5.94. The first kappa shape index (κ1) is 19.3. The number of benzene rings is 1. The summed E-state index contributed by atoms with van der Waals surface area (Å²) in [5, 5.41) is 4.60. The quantitative estimate of drug-likeness (QED) is 0.804. The number of halogens is 3. The van der Waals surface area contributed by atoms with E-state index in [0.29, 0.717) is 18.9 Å². The molecule has 1 aromatic rings. The fourth-order valence-electron chi connectivity index (χ4n) is 3.01. The molecule has 0 aliphatic heterocycles. The topological polar surface area (TPSA) is 58.2 Å². The van der Waals surface area contributed by atoms with Crippen molar-refractivity contribution in [3.8, 4) is 0 Å². The van der Waals surface area contributed by atoms with Crippen LogP contribution in [0, 0.1) is 5.92 Å². The monoisotopic (exact) mass is 356 g/mol. The van der Waals surface area contributed by atoms with Gasteiger partial charge in [-0.2, -0.15) is 13.2 Å². The predicted octanol–water partition coefficient (Wildman–Crippen LogP) is 4.16. The Morgan fingerprint density at radius 2 is 1.68 bits per heavy atom. The summed E-state index contributed by atoms with van der Waals surface area (Å²) in [6.07, 6.45) is 2.72. The van der Waals surface area contributed by atoms with Crippen molar-refractivity contribution >= 4 is 17.5 Å². The SMILES string of the molecule is O=C(CCC1CCCCC1)NCc1ccc(NC(=O)C(F)(F)F)cc1. The van der Waals surface area contributed by atoms with Gasteiger partial charge >= 0.3 is 12.1 Å². The van der Waals surface area contributed by atoms with Crippen molar-refractivity contribution in [3.63, 3.8) is 0 Å². The number of carbonyl (C=O) groups is 2. The molecule has 7 heteroatoms. The molecule has 0 heterocycles. The molecule has 1 saturated carbocycles. The van der Waals surface area contributed by atoms with E-state index in [-0.39, 0.29) is 11.6 Å². The van der Waals surface area contributed by atoms with Gasteiger partial charge in [-0.05, 0) is 30.0 Å². The normalized spacial score (nSPS) is 15.6. The van der Waals surface area contributed by atoms with E-state index < -0.39 is 12.1 Å². The first-order valence-electron chi connectivity index (χ1n) is 8.58. The van der Waals surface area contributed by atoms with Gasteiger partial charge in [0.05, 0.1) is 0 Å². The zero-order valence-electron chi connectivity index (χ0n) is 14.0. The van der Waals surface area contributed by atoms with E-state index in [9.17, 15) is 22.8 Å². The van der Waals surface area contributed by atoms with Crippen LogP contribution in [0.5, 0.6) is 0 Å². The minimum atomic E-state index is -4.91.